The highest BCUT2D eigenvalue weighted by Crippen LogP contribution is 2.27. The molecule has 0 aromatic heterocycles. The molecule has 5 nitrogen and oxygen atoms in total. The highest BCUT2D eigenvalue weighted by atomic mass is 35.5. The van der Waals surface area contributed by atoms with Gasteiger partial charge in [-0.05, 0) is 31.0 Å². The van der Waals surface area contributed by atoms with Gasteiger partial charge in [0.05, 0.1) is 5.02 Å². The molecule has 1 amide bonds. The molecule has 21 heavy (non-hydrogen) atoms. The Labute approximate surface area is 133 Å². The van der Waals surface area contributed by atoms with Crippen LogP contribution in [0, 0.1) is 0 Å². The van der Waals surface area contributed by atoms with E-state index < -0.39 is 17.4 Å². The van der Waals surface area contributed by atoms with Gasteiger partial charge >= 0.3 is 5.97 Å². The van der Waals surface area contributed by atoms with Crippen LogP contribution in [-0.4, -0.2) is 29.1 Å². The molecule has 0 spiro atoms. The van der Waals surface area contributed by atoms with Gasteiger partial charge in [-0.25, -0.2) is 4.79 Å². The van der Waals surface area contributed by atoms with Crippen molar-refractivity contribution in [3.63, 3.8) is 0 Å². The smallest absolute Gasteiger partial charge is 0.329 e. The molecule has 0 atom stereocenters. The number of nitrogens with one attached hydrogen (secondary N) is 1. The predicted octanol–water partition coefficient (Wildman–Crippen LogP) is 3.13. The summed E-state index contributed by atoms with van der Waals surface area (Å²) < 4.78 is 5.27. The molecule has 0 aliphatic carbocycles. The first-order valence-corrected chi connectivity index (χ1v) is 7.22. The van der Waals surface area contributed by atoms with Gasteiger partial charge < -0.3 is 15.2 Å². The summed E-state index contributed by atoms with van der Waals surface area (Å²) in [5.41, 5.74) is -1.27. The van der Waals surface area contributed by atoms with E-state index in [-0.39, 0.29) is 24.5 Å². The normalized spacial score (nSPS) is 11.0. The summed E-state index contributed by atoms with van der Waals surface area (Å²) in [4.78, 5) is 23.2. The molecule has 0 heterocycles. The number of hydrogen-bond donors (Lipinski definition) is 2. The van der Waals surface area contributed by atoms with E-state index in [1.807, 2.05) is 0 Å². The highest BCUT2D eigenvalue weighted by molar-refractivity contribution is 6.35. The molecule has 0 radical (unpaired) electrons. The number of halogens is 2. The van der Waals surface area contributed by atoms with Crippen LogP contribution in [0.25, 0.3) is 0 Å². The Morgan fingerprint density at radius 2 is 1.90 bits per heavy atom. The van der Waals surface area contributed by atoms with Gasteiger partial charge in [0.1, 0.15) is 11.3 Å². The lowest BCUT2D eigenvalue weighted by Gasteiger charge is -2.28. The first-order chi connectivity index (χ1) is 9.84. The Morgan fingerprint density at radius 3 is 2.38 bits per heavy atom. The molecule has 0 aliphatic heterocycles. The van der Waals surface area contributed by atoms with Crippen LogP contribution < -0.4 is 10.1 Å². The van der Waals surface area contributed by atoms with E-state index in [1.54, 1.807) is 26.0 Å². The first kappa shape index (κ1) is 17.6. The summed E-state index contributed by atoms with van der Waals surface area (Å²) in [5.74, 6) is -1.28. The third kappa shape index (κ3) is 4.51. The van der Waals surface area contributed by atoms with Crippen LogP contribution >= 0.6 is 23.2 Å². The molecule has 0 aliphatic rings. The zero-order chi connectivity index (χ0) is 16.0. The zero-order valence-corrected chi connectivity index (χ0v) is 13.3. The molecular weight excluding hydrogens is 317 g/mol. The van der Waals surface area contributed by atoms with Crippen LogP contribution in [0.2, 0.25) is 10.0 Å². The summed E-state index contributed by atoms with van der Waals surface area (Å²) in [7, 11) is 0. The van der Waals surface area contributed by atoms with E-state index in [0.717, 1.165) is 0 Å². The van der Waals surface area contributed by atoms with Crippen LogP contribution in [0.3, 0.4) is 0 Å². The number of carboxylic acids is 1. The molecule has 0 saturated carbocycles. The number of ether oxygens (including phenoxy) is 1. The standard InChI is InChI=1S/C14H17Cl2NO4/c1-3-14(4-2,13(19)20)17-12(18)8-21-11-6-5-9(15)7-10(11)16/h5-7H,3-4,8H2,1-2H3,(H,17,18)(H,19,20). The molecule has 1 rings (SSSR count). The third-order valence-corrected chi connectivity index (χ3v) is 3.78. The molecule has 7 heteroatoms. The topological polar surface area (TPSA) is 75.6 Å². The van der Waals surface area contributed by atoms with Gasteiger partial charge in [0, 0.05) is 5.02 Å². The maximum atomic E-state index is 11.9. The Bertz CT molecular complexity index is 530. The summed E-state index contributed by atoms with van der Waals surface area (Å²) in [6.45, 7) is 3.08. The molecule has 0 bridgehead atoms. The molecule has 116 valence electrons. The SMILES string of the molecule is CCC(CC)(NC(=O)COc1ccc(Cl)cc1Cl)C(=O)O. The summed E-state index contributed by atoms with van der Waals surface area (Å²) in [5, 5.41) is 12.5. The summed E-state index contributed by atoms with van der Waals surface area (Å²) >= 11 is 11.7. The van der Waals surface area contributed by atoms with Crippen molar-refractivity contribution in [3.8, 4) is 5.75 Å². The van der Waals surface area contributed by atoms with E-state index in [0.29, 0.717) is 10.8 Å². The third-order valence-electron chi connectivity index (χ3n) is 3.25. The fraction of sp³-hybridized carbons (Fsp3) is 0.429. The van der Waals surface area contributed by atoms with Gasteiger partial charge in [-0.15, -0.1) is 0 Å². The molecule has 1 aromatic carbocycles. The summed E-state index contributed by atoms with van der Waals surface area (Å²) in [6.07, 6.45) is 0.568. The molecule has 0 saturated heterocycles. The molecular formula is C14H17Cl2NO4. The quantitative estimate of drug-likeness (QED) is 0.803. The number of benzene rings is 1. The van der Waals surface area contributed by atoms with Crippen LogP contribution in [-0.2, 0) is 9.59 Å². The Balaban J connectivity index is 2.67. The highest BCUT2D eigenvalue weighted by Gasteiger charge is 2.36. The van der Waals surface area contributed by atoms with Gasteiger partial charge in [0.25, 0.3) is 5.91 Å². The van der Waals surface area contributed by atoms with Gasteiger partial charge in [0.15, 0.2) is 6.61 Å². The minimum absolute atomic E-state index is 0.283. The Hall–Kier alpha value is -1.46. The monoisotopic (exact) mass is 333 g/mol. The van der Waals surface area contributed by atoms with E-state index in [9.17, 15) is 14.7 Å². The molecule has 0 unspecified atom stereocenters. The first-order valence-electron chi connectivity index (χ1n) is 6.47. The van der Waals surface area contributed by atoms with Crippen molar-refractivity contribution in [1.29, 1.82) is 0 Å². The average Bonchev–Trinajstić information content (AvgIpc) is 2.43. The second kappa shape index (κ2) is 7.52. The second-order valence-corrected chi connectivity index (χ2v) is 5.35. The number of carbonyl (C=O) groups excluding carboxylic acids is 1. The van der Waals surface area contributed by atoms with Crippen LogP contribution in [0.15, 0.2) is 18.2 Å². The van der Waals surface area contributed by atoms with Crippen LogP contribution in [0.1, 0.15) is 26.7 Å². The van der Waals surface area contributed by atoms with Crippen molar-refractivity contribution in [2.75, 3.05) is 6.61 Å². The lowest BCUT2D eigenvalue weighted by Crippen LogP contribution is -2.54. The average molecular weight is 334 g/mol. The largest absolute Gasteiger partial charge is 0.482 e. The van der Waals surface area contributed by atoms with E-state index in [1.165, 1.54) is 6.07 Å². The van der Waals surface area contributed by atoms with E-state index in [2.05, 4.69) is 5.32 Å². The van der Waals surface area contributed by atoms with Crippen molar-refractivity contribution in [1.82, 2.24) is 5.32 Å². The van der Waals surface area contributed by atoms with Gasteiger partial charge in [-0.1, -0.05) is 37.0 Å². The lowest BCUT2D eigenvalue weighted by atomic mass is 9.93. The minimum atomic E-state index is -1.27. The van der Waals surface area contributed by atoms with Crippen LogP contribution in [0.5, 0.6) is 5.75 Å². The van der Waals surface area contributed by atoms with Crippen molar-refractivity contribution in [2.45, 2.75) is 32.2 Å². The number of rotatable bonds is 7. The molecule has 1 aromatic rings. The molecule has 0 fully saturated rings. The number of hydrogen-bond acceptors (Lipinski definition) is 3. The fourth-order valence-corrected chi connectivity index (χ4v) is 2.28. The van der Waals surface area contributed by atoms with Crippen molar-refractivity contribution < 1.29 is 19.4 Å². The van der Waals surface area contributed by atoms with Crippen molar-refractivity contribution >= 4 is 35.1 Å². The van der Waals surface area contributed by atoms with E-state index >= 15 is 0 Å². The fourth-order valence-electron chi connectivity index (χ4n) is 1.82. The number of carbonyl (C=O) groups is 2. The minimum Gasteiger partial charge on any atom is -0.482 e. The lowest BCUT2D eigenvalue weighted by molar-refractivity contribution is -0.148. The predicted molar refractivity (Wildman–Crippen MR) is 81.0 cm³/mol. The van der Waals surface area contributed by atoms with Crippen molar-refractivity contribution in [2.24, 2.45) is 0 Å². The van der Waals surface area contributed by atoms with Crippen molar-refractivity contribution in [3.05, 3.63) is 28.2 Å². The number of carboxylic acid groups (broad SMARTS) is 1. The maximum Gasteiger partial charge on any atom is 0.329 e. The maximum absolute atomic E-state index is 11.9. The summed E-state index contributed by atoms with van der Waals surface area (Å²) in [6, 6.07) is 4.62. The number of amides is 1. The van der Waals surface area contributed by atoms with Gasteiger partial charge in [-0.2, -0.15) is 0 Å². The Morgan fingerprint density at radius 1 is 1.29 bits per heavy atom. The molecule has 2 N–H and O–H groups in total. The zero-order valence-electron chi connectivity index (χ0n) is 11.8. The van der Waals surface area contributed by atoms with Gasteiger partial charge in [-0.3, -0.25) is 4.79 Å². The number of aliphatic carboxylic acids is 1. The van der Waals surface area contributed by atoms with E-state index in [4.69, 9.17) is 27.9 Å². The van der Waals surface area contributed by atoms with Gasteiger partial charge in [0.2, 0.25) is 0 Å². The second-order valence-electron chi connectivity index (χ2n) is 4.51. The van der Waals surface area contributed by atoms with Crippen LogP contribution in [0.4, 0.5) is 0 Å². The Kier molecular flexibility index (Phi) is 6.30.